The van der Waals surface area contributed by atoms with Gasteiger partial charge in [-0.2, -0.15) is 0 Å². The van der Waals surface area contributed by atoms with Gasteiger partial charge in [0, 0.05) is 24.7 Å². The molecule has 2 rings (SSSR count). The van der Waals surface area contributed by atoms with Crippen LogP contribution in [-0.4, -0.2) is 37.2 Å². The molecule has 1 saturated heterocycles. The van der Waals surface area contributed by atoms with Crippen molar-refractivity contribution < 1.29 is 4.74 Å². The Morgan fingerprint density at radius 3 is 3.00 bits per heavy atom. The summed E-state index contributed by atoms with van der Waals surface area (Å²) >= 11 is 0. The maximum Gasteiger partial charge on any atom is 0.148 e. The summed E-state index contributed by atoms with van der Waals surface area (Å²) in [5.41, 5.74) is 1.18. The minimum Gasteiger partial charge on any atom is -0.481 e. The number of hydrogen-bond acceptors (Lipinski definition) is 3. The second-order valence-corrected chi connectivity index (χ2v) is 6.33. The van der Waals surface area contributed by atoms with Gasteiger partial charge in [-0.25, -0.2) is 0 Å². The van der Waals surface area contributed by atoms with Gasteiger partial charge in [0.15, 0.2) is 0 Å². The lowest BCUT2D eigenvalue weighted by Gasteiger charge is -2.35. The third-order valence-electron chi connectivity index (χ3n) is 4.31. The Bertz CT molecular complexity index is 492. The SMILES string of the molecule is C#CCOc1ccccc1CNCC1CCCN(C(C)C)C1. The van der Waals surface area contributed by atoms with E-state index in [1.165, 1.54) is 31.5 Å². The van der Waals surface area contributed by atoms with Crippen LogP contribution in [0, 0.1) is 18.3 Å². The average molecular weight is 300 g/mol. The highest BCUT2D eigenvalue weighted by molar-refractivity contribution is 5.33. The van der Waals surface area contributed by atoms with Crippen molar-refractivity contribution in [1.82, 2.24) is 10.2 Å². The zero-order chi connectivity index (χ0) is 15.8. The van der Waals surface area contributed by atoms with E-state index < -0.39 is 0 Å². The molecule has 1 atom stereocenters. The fourth-order valence-electron chi connectivity index (χ4n) is 3.05. The Labute approximate surface area is 135 Å². The summed E-state index contributed by atoms with van der Waals surface area (Å²) in [7, 11) is 0. The molecule has 0 aromatic heterocycles. The molecule has 120 valence electrons. The standard InChI is InChI=1S/C19H28N2O/c1-4-12-22-19-10-6-5-9-18(19)14-20-13-17-8-7-11-21(15-17)16(2)3/h1,5-6,9-10,16-17,20H,7-8,11-15H2,2-3H3. The average Bonchev–Trinajstić information content (AvgIpc) is 2.54. The third-order valence-corrected chi connectivity index (χ3v) is 4.31. The summed E-state index contributed by atoms with van der Waals surface area (Å²) in [6, 6.07) is 8.76. The number of likely N-dealkylation sites (tertiary alicyclic amines) is 1. The summed E-state index contributed by atoms with van der Waals surface area (Å²) in [6.45, 7) is 9.25. The highest BCUT2D eigenvalue weighted by Gasteiger charge is 2.21. The molecular formula is C19H28N2O. The van der Waals surface area contributed by atoms with Crippen molar-refractivity contribution in [3.8, 4) is 18.1 Å². The van der Waals surface area contributed by atoms with Crippen LogP contribution in [0.3, 0.4) is 0 Å². The summed E-state index contributed by atoms with van der Waals surface area (Å²) in [4.78, 5) is 2.58. The molecule has 1 aromatic carbocycles. The van der Waals surface area contributed by atoms with Gasteiger partial charge in [0.1, 0.15) is 12.4 Å². The third kappa shape index (κ3) is 5.05. The molecular weight excluding hydrogens is 272 g/mol. The topological polar surface area (TPSA) is 24.5 Å². The predicted octanol–water partition coefficient (Wildman–Crippen LogP) is 2.91. The molecule has 0 amide bonds. The van der Waals surface area contributed by atoms with Gasteiger partial charge in [0.05, 0.1) is 0 Å². The predicted molar refractivity (Wildman–Crippen MR) is 91.9 cm³/mol. The van der Waals surface area contributed by atoms with Crippen LogP contribution < -0.4 is 10.1 Å². The molecule has 0 aliphatic carbocycles. The molecule has 22 heavy (non-hydrogen) atoms. The normalized spacial score (nSPS) is 19.1. The minimum absolute atomic E-state index is 0.322. The molecule has 1 heterocycles. The van der Waals surface area contributed by atoms with Crippen LogP contribution >= 0.6 is 0 Å². The van der Waals surface area contributed by atoms with Gasteiger partial charge >= 0.3 is 0 Å². The molecule has 3 heteroatoms. The van der Waals surface area contributed by atoms with Crippen molar-refractivity contribution in [2.45, 2.75) is 39.3 Å². The number of rotatable bonds is 7. The highest BCUT2D eigenvalue weighted by Crippen LogP contribution is 2.20. The Morgan fingerprint density at radius 1 is 1.41 bits per heavy atom. The van der Waals surface area contributed by atoms with Gasteiger partial charge in [0.25, 0.3) is 0 Å². The molecule has 1 aliphatic rings. The molecule has 3 nitrogen and oxygen atoms in total. The Morgan fingerprint density at radius 2 is 2.23 bits per heavy atom. The van der Waals surface area contributed by atoms with Crippen LogP contribution in [0.5, 0.6) is 5.75 Å². The van der Waals surface area contributed by atoms with Gasteiger partial charge in [-0.3, -0.25) is 0 Å². The first-order chi connectivity index (χ1) is 10.7. The van der Waals surface area contributed by atoms with E-state index in [1.54, 1.807) is 0 Å². The first-order valence-electron chi connectivity index (χ1n) is 8.29. The minimum atomic E-state index is 0.322. The maximum atomic E-state index is 5.59. The van der Waals surface area contributed by atoms with Gasteiger partial charge in [0.2, 0.25) is 0 Å². The molecule has 0 bridgehead atoms. The number of hydrogen-bond donors (Lipinski definition) is 1. The van der Waals surface area contributed by atoms with Crippen molar-refractivity contribution in [2.24, 2.45) is 5.92 Å². The number of nitrogens with zero attached hydrogens (tertiary/aromatic N) is 1. The largest absolute Gasteiger partial charge is 0.481 e. The number of para-hydroxylation sites is 1. The van der Waals surface area contributed by atoms with Crippen LogP contribution in [0.4, 0.5) is 0 Å². The van der Waals surface area contributed by atoms with Gasteiger partial charge in [-0.05, 0) is 51.8 Å². The lowest BCUT2D eigenvalue weighted by Crippen LogP contribution is -2.42. The molecule has 1 N–H and O–H groups in total. The molecule has 1 aliphatic heterocycles. The number of piperidine rings is 1. The Kier molecular flexibility index (Phi) is 6.76. The monoisotopic (exact) mass is 300 g/mol. The van der Waals surface area contributed by atoms with E-state index in [0.29, 0.717) is 12.6 Å². The van der Waals surface area contributed by atoms with Crippen LogP contribution in [0.15, 0.2) is 24.3 Å². The maximum absolute atomic E-state index is 5.59. The van der Waals surface area contributed by atoms with Crippen molar-refractivity contribution in [1.29, 1.82) is 0 Å². The zero-order valence-electron chi connectivity index (χ0n) is 13.8. The van der Waals surface area contributed by atoms with E-state index in [0.717, 1.165) is 24.8 Å². The molecule has 0 saturated carbocycles. The zero-order valence-corrected chi connectivity index (χ0v) is 13.8. The Balaban J connectivity index is 1.80. The lowest BCUT2D eigenvalue weighted by atomic mass is 9.97. The number of ether oxygens (including phenoxy) is 1. The van der Waals surface area contributed by atoms with E-state index in [-0.39, 0.29) is 0 Å². The van der Waals surface area contributed by atoms with E-state index in [4.69, 9.17) is 11.2 Å². The van der Waals surface area contributed by atoms with Crippen LogP contribution in [0.2, 0.25) is 0 Å². The van der Waals surface area contributed by atoms with Gasteiger partial charge in [-0.15, -0.1) is 6.42 Å². The van der Waals surface area contributed by atoms with Crippen molar-refractivity contribution in [2.75, 3.05) is 26.2 Å². The molecule has 1 aromatic rings. The molecule has 1 fully saturated rings. The van der Waals surface area contributed by atoms with E-state index in [2.05, 4.69) is 36.1 Å². The summed E-state index contributed by atoms with van der Waals surface area (Å²) in [5, 5.41) is 3.59. The number of terminal acetylenes is 1. The molecule has 0 radical (unpaired) electrons. The first-order valence-corrected chi connectivity index (χ1v) is 8.29. The number of benzene rings is 1. The molecule has 1 unspecified atom stereocenters. The van der Waals surface area contributed by atoms with Crippen molar-refractivity contribution >= 4 is 0 Å². The Hall–Kier alpha value is -1.50. The van der Waals surface area contributed by atoms with E-state index >= 15 is 0 Å². The van der Waals surface area contributed by atoms with Crippen LogP contribution in [0.25, 0.3) is 0 Å². The van der Waals surface area contributed by atoms with E-state index in [9.17, 15) is 0 Å². The summed E-state index contributed by atoms with van der Waals surface area (Å²) in [5.74, 6) is 4.15. The summed E-state index contributed by atoms with van der Waals surface area (Å²) in [6.07, 6.45) is 7.90. The smallest absolute Gasteiger partial charge is 0.148 e. The van der Waals surface area contributed by atoms with Gasteiger partial charge in [-0.1, -0.05) is 24.1 Å². The second-order valence-electron chi connectivity index (χ2n) is 6.33. The van der Waals surface area contributed by atoms with Crippen LogP contribution in [0.1, 0.15) is 32.3 Å². The number of nitrogens with one attached hydrogen (secondary N) is 1. The fourth-order valence-corrected chi connectivity index (χ4v) is 3.05. The quantitative estimate of drug-likeness (QED) is 0.784. The second kappa shape index (κ2) is 8.82. The van der Waals surface area contributed by atoms with E-state index in [1.807, 2.05) is 18.2 Å². The van der Waals surface area contributed by atoms with Crippen molar-refractivity contribution in [3.05, 3.63) is 29.8 Å². The van der Waals surface area contributed by atoms with Crippen molar-refractivity contribution in [3.63, 3.8) is 0 Å². The lowest BCUT2D eigenvalue weighted by molar-refractivity contribution is 0.138. The summed E-state index contributed by atoms with van der Waals surface area (Å²) < 4.78 is 5.59. The first kappa shape index (κ1) is 16.9. The fraction of sp³-hybridized carbons (Fsp3) is 0.579. The van der Waals surface area contributed by atoms with Gasteiger partial charge < -0.3 is 15.0 Å². The van der Waals surface area contributed by atoms with Crippen LogP contribution in [-0.2, 0) is 6.54 Å². The highest BCUT2D eigenvalue weighted by atomic mass is 16.5. The molecule has 0 spiro atoms.